The fourth-order valence-corrected chi connectivity index (χ4v) is 2.96. The van der Waals surface area contributed by atoms with Gasteiger partial charge in [-0.3, -0.25) is 4.79 Å². The SMILES string of the molecule is COc1ccc(C)cc1NCCC(=O)N1CCOc2ccccc2C1. The second-order valence-corrected chi connectivity index (χ2v) is 6.15. The van der Waals surface area contributed by atoms with Crippen LogP contribution in [0.5, 0.6) is 11.5 Å². The van der Waals surface area contributed by atoms with Gasteiger partial charge in [-0.1, -0.05) is 24.3 Å². The van der Waals surface area contributed by atoms with E-state index in [1.54, 1.807) is 7.11 Å². The van der Waals surface area contributed by atoms with Gasteiger partial charge in [0, 0.05) is 25.1 Å². The smallest absolute Gasteiger partial charge is 0.224 e. The van der Waals surface area contributed by atoms with Crippen molar-refractivity contribution in [3.8, 4) is 11.5 Å². The number of nitrogens with zero attached hydrogens (tertiary/aromatic N) is 1. The molecule has 1 aliphatic rings. The summed E-state index contributed by atoms with van der Waals surface area (Å²) in [7, 11) is 1.65. The van der Waals surface area contributed by atoms with E-state index in [9.17, 15) is 4.79 Å². The number of nitrogens with one attached hydrogen (secondary N) is 1. The molecule has 0 spiro atoms. The zero-order chi connectivity index (χ0) is 17.6. The highest BCUT2D eigenvalue weighted by atomic mass is 16.5. The Labute approximate surface area is 148 Å². The second kappa shape index (κ2) is 7.92. The minimum absolute atomic E-state index is 0.124. The summed E-state index contributed by atoms with van der Waals surface area (Å²) in [6.07, 6.45) is 0.430. The van der Waals surface area contributed by atoms with Gasteiger partial charge in [-0.25, -0.2) is 0 Å². The standard InChI is InChI=1S/C20H24N2O3/c1-15-7-8-19(24-2)17(13-15)21-10-9-20(23)22-11-12-25-18-6-4-3-5-16(18)14-22/h3-8,13,21H,9-12,14H2,1-2H3. The molecule has 0 saturated carbocycles. The zero-order valence-electron chi connectivity index (χ0n) is 14.7. The van der Waals surface area contributed by atoms with E-state index in [0.717, 1.165) is 28.3 Å². The van der Waals surface area contributed by atoms with Crippen LogP contribution < -0.4 is 14.8 Å². The Bertz CT molecular complexity index is 745. The Balaban J connectivity index is 1.57. The van der Waals surface area contributed by atoms with E-state index in [1.807, 2.05) is 54.3 Å². The lowest BCUT2D eigenvalue weighted by Gasteiger charge is -2.20. The number of amides is 1. The van der Waals surface area contributed by atoms with Crippen LogP contribution in [0.4, 0.5) is 5.69 Å². The van der Waals surface area contributed by atoms with Crippen molar-refractivity contribution in [2.24, 2.45) is 0 Å². The van der Waals surface area contributed by atoms with Crippen LogP contribution >= 0.6 is 0 Å². The normalized spacial score (nSPS) is 13.4. The first-order valence-electron chi connectivity index (χ1n) is 8.54. The maximum Gasteiger partial charge on any atom is 0.224 e. The maximum atomic E-state index is 12.6. The third kappa shape index (κ3) is 4.24. The van der Waals surface area contributed by atoms with Gasteiger partial charge in [-0.05, 0) is 30.7 Å². The van der Waals surface area contributed by atoms with E-state index in [1.165, 1.54) is 0 Å². The highest BCUT2D eigenvalue weighted by molar-refractivity contribution is 5.77. The summed E-state index contributed by atoms with van der Waals surface area (Å²) >= 11 is 0. The molecule has 5 heteroatoms. The number of carbonyl (C=O) groups is 1. The topological polar surface area (TPSA) is 50.8 Å². The molecular weight excluding hydrogens is 316 g/mol. The molecule has 0 saturated heterocycles. The summed E-state index contributed by atoms with van der Waals surface area (Å²) in [5.74, 6) is 1.79. The predicted molar refractivity (Wildman–Crippen MR) is 98.2 cm³/mol. The van der Waals surface area contributed by atoms with Crippen molar-refractivity contribution < 1.29 is 14.3 Å². The minimum Gasteiger partial charge on any atom is -0.495 e. The molecular formula is C20H24N2O3. The molecule has 132 valence electrons. The Hall–Kier alpha value is -2.69. The molecule has 1 aliphatic heterocycles. The summed E-state index contributed by atoms with van der Waals surface area (Å²) in [6.45, 7) is 4.34. The molecule has 25 heavy (non-hydrogen) atoms. The van der Waals surface area contributed by atoms with E-state index >= 15 is 0 Å². The molecule has 0 unspecified atom stereocenters. The van der Waals surface area contributed by atoms with Crippen LogP contribution in [0.2, 0.25) is 0 Å². The Morgan fingerprint density at radius 2 is 2.12 bits per heavy atom. The van der Waals surface area contributed by atoms with Gasteiger partial charge in [0.1, 0.15) is 18.1 Å². The van der Waals surface area contributed by atoms with Crippen LogP contribution in [0.15, 0.2) is 42.5 Å². The van der Waals surface area contributed by atoms with Crippen LogP contribution in [0.25, 0.3) is 0 Å². The predicted octanol–water partition coefficient (Wildman–Crippen LogP) is 3.23. The van der Waals surface area contributed by atoms with Crippen molar-refractivity contribution >= 4 is 11.6 Å². The van der Waals surface area contributed by atoms with Gasteiger partial charge in [-0.2, -0.15) is 0 Å². The van der Waals surface area contributed by atoms with Crippen molar-refractivity contribution in [2.75, 3.05) is 32.1 Å². The number of fused-ring (bicyclic) bond motifs is 1. The number of hydrogen-bond donors (Lipinski definition) is 1. The summed E-state index contributed by atoms with van der Waals surface area (Å²) in [4.78, 5) is 14.4. The number of anilines is 1. The lowest BCUT2D eigenvalue weighted by atomic mass is 10.2. The van der Waals surface area contributed by atoms with Crippen LogP contribution in [-0.2, 0) is 11.3 Å². The average Bonchev–Trinajstić information content (AvgIpc) is 2.84. The van der Waals surface area contributed by atoms with E-state index in [2.05, 4.69) is 5.32 Å². The number of hydrogen-bond acceptors (Lipinski definition) is 4. The molecule has 1 N–H and O–H groups in total. The molecule has 0 radical (unpaired) electrons. The van der Waals surface area contributed by atoms with Gasteiger partial charge in [0.25, 0.3) is 0 Å². The summed E-state index contributed by atoms with van der Waals surface area (Å²) in [5, 5.41) is 3.31. The van der Waals surface area contributed by atoms with Gasteiger partial charge in [-0.15, -0.1) is 0 Å². The fourth-order valence-electron chi connectivity index (χ4n) is 2.96. The van der Waals surface area contributed by atoms with Crippen LogP contribution in [0.1, 0.15) is 17.5 Å². The van der Waals surface area contributed by atoms with Gasteiger partial charge >= 0.3 is 0 Å². The molecule has 2 aromatic carbocycles. The summed E-state index contributed by atoms with van der Waals surface area (Å²) < 4.78 is 11.1. The molecule has 0 aromatic heterocycles. The number of methoxy groups -OCH3 is 1. The number of rotatable bonds is 5. The first kappa shape index (κ1) is 17.1. The molecule has 2 aromatic rings. The number of carbonyl (C=O) groups excluding carboxylic acids is 1. The Morgan fingerprint density at radius 1 is 1.28 bits per heavy atom. The molecule has 1 amide bonds. The second-order valence-electron chi connectivity index (χ2n) is 6.15. The van der Waals surface area contributed by atoms with Crippen molar-refractivity contribution in [3.63, 3.8) is 0 Å². The minimum atomic E-state index is 0.124. The monoisotopic (exact) mass is 340 g/mol. The van der Waals surface area contributed by atoms with Crippen LogP contribution in [0, 0.1) is 6.92 Å². The molecule has 3 rings (SSSR count). The van der Waals surface area contributed by atoms with E-state index in [0.29, 0.717) is 32.7 Å². The lowest BCUT2D eigenvalue weighted by molar-refractivity contribution is -0.131. The number of benzene rings is 2. The first-order chi connectivity index (χ1) is 12.2. The molecule has 5 nitrogen and oxygen atoms in total. The van der Waals surface area contributed by atoms with Crippen LogP contribution in [0.3, 0.4) is 0 Å². The number of para-hydroxylation sites is 1. The van der Waals surface area contributed by atoms with E-state index < -0.39 is 0 Å². The first-order valence-corrected chi connectivity index (χ1v) is 8.54. The summed E-state index contributed by atoms with van der Waals surface area (Å²) in [6, 6.07) is 13.9. The fraction of sp³-hybridized carbons (Fsp3) is 0.350. The third-order valence-corrected chi connectivity index (χ3v) is 4.31. The maximum absolute atomic E-state index is 12.6. The lowest BCUT2D eigenvalue weighted by Crippen LogP contribution is -2.33. The number of aryl methyl sites for hydroxylation is 1. The molecule has 0 bridgehead atoms. The number of ether oxygens (including phenoxy) is 2. The molecule has 0 aliphatic carbocycles. The highest BCUT2D eigenvalue weighted by Gasteiger charge is 2.19. The van der Waals surface area contributed by atoms with Crippen molar-refractivity contribution in [1.29, 1.82) is 0 Å². The molecule has 0 atom stereocenters. The Kier molecular flexibility index (Phi) is 5.43. The Morgan fingerprint density at radius 3 is 2.96 bits per heavy atom. The van der Waals surface area contributed by atoms with Gasteiger partial charge in [0.15, 0.2) is 0 Å². The zero-order valence-corrected chi connectivity index (χ0v) is 14.7. The van der Waals surface area contributed by atoms with Crippen LogP contribution in [-0.4, -0.2) is 37.6 Å². The van der Waals surface area contributed by atoms with Gasteiger partial charge < -0.3 is 19.7 Å². The molecule has 1 heterocycles. The van der Waals surface area contributed by atoms with Gasteiger partial charge in [0.2, 0.25) is 5.91 Å². The van der Waals surface area contributed by atoms with Crippen molar-refractivity contribution in [1.82, 2.24) is 4.90 Å². The quantitative estimate of drug-likeness (QED) is 0.908. The van der Waals surface area contributed by atoms with Crippen molar-refractivity contribution in [2.45, 2.75) is 19.9 Å². The van der Waals surface area contributed by atoms with Gasteiger partial charge in [0.05, 0.1) is 19.3 Å². The van der Waals surface area contributed by atoms with E-state index in [4.69, 9.17) is 9.47 Å². The molecule has 0 fully saturated rings. The highest BCUT2D eigenvalue weighted by Crippen LogP contribution is 2.25. The summed E-state index contributed by atoms with van der Waals surface area (Å²) in [5.41, 5.74) is 3.12. The average molecular weight is 340 g/mol. The third-order valence-electron chi connectivity index (χ3n) is 4.31. The largest absolute Gasteiger partial charge is 0.495 e. The van der Waals surface area contributed by atoms with Crippen molar-refractivity contribution in [3.05, 3.63) is 53.6 Å². The van der Waals surface area contributed by atoms with E-state index in [-0.39, 0.29) is 5.91 Å².